The molecule has 3 rings (SSSR count). The van der Waals surface area contributed by atoms with Crippen molar-refractivity contribution in [3.05, 3.63) is 28.8 Å². The van der Waals surface area contributed by atoms with Crippen LogP contribution in [0.1, 0.15) is 32.8 Å². The summed E-state index contributed by atoms with van der Waals surface area (Å²) in [5.41, 5.74) is 1.54. The van der Waals surface area contributed by atoms with E-state index >= 15 is 0 Å². The first-order valence-electron chi connectivity index (χ1n) is 9.45. The van der Waals surface area contributed by atoms with E-state index in [4.69, 9.17) is 11.6 Å². The summed E-state index contributed by atoms with van der Waals surface area (Å²) in [6.07, 6.45) is 1.02. The molecule has 2 heterocycles. The third-order valence-electron chi connectivity index (χ3n) is 5.00. The van der Waals surface area contributed by atoms with Crippen molar-refractivity contribution in [3.8, 4) is 0 Å². The maximum atomic E-state index is 12.4. The molecule has 2 fully saturated rings. The Morgan fingerprint density at radius 2 is 1.67 bits per heavy atom. The van der Waals surface area contributed by atoms with Crippen LogP contribution >= 0.6 is 11.6 Å². The maximum Gasteiger partial charge on any atom is 0.238 e. The minimum atomic E-state index is -0.210. The molecular weight excluding hydrogens is 364 g/mol. The van der Waals surface area contributed by atoms with Gasteiger partial charge in [0.1, 0.15) is 0 Å². The zero-order chi connectivity index (χ0) is 19.8. The number of hydrogen-bond acceptors (Lipinski definition) is 4. The van der Waals surface area contributed by atoms with Crippen molar-refractivity contribution < 1.29 is 9.59 Å². The van der Waals surface area contributed by atoms with Gasteiger partial charge in [-0.1, -0.05) is 11.6 Å². The maximum absolute atomic E-state index is 12.4. The first-order chi connectivity index (χ1) is 12.6. The van der Waals surface area contributed by atoms with Crippen LogP contribution < -0.4 is 10.6 Å². The smallest absolute Gasteiger partial charge is 0.238 e. The van der Waals surface area contributed by atoms with Crippen molar-refractivity contribution in [1.82, 2.24) is 15.1 Å². The Kier molecular flexibility index (Phi) is 5.79. The quantitative estimate of drug-likeness (QED) is 0.806. The average molecular weight is 393 g/mol. The fraction of sp³-hybridized carbons (Fsp3) is 0.600. The second-order valence-corrected chi connectivity index (χ2v) is 9.20. The highest BCUT2D eigenvalue weighted by molar-refractivity contribution is 6.31. The summed E-state index contributed by atoms with van der Waals surface area (Å²) >= 11 is 6.05. The van der Waals surface area contributed by atoms with Crippen LogP contribution in [0, 0.1) is 6.92 Å². The molecule has 27 heavy (non-hydrogen) atoms. The van der Waals surface area contributed by atoms with Gasteiger partial charge in [-0.05, 0) is 57.9 Å². The number of rotatable bonds is 5. The van der Waals surface area contributed by atoms with Crippen LogP contribution in [0.2, 0.25) is 5.02 Å². The summed E-state index contributed by atoms with van der Waals surface area (Å²) < 4.78 is 0. The van der Waals surface area contributed by atoms with Gasteiger partial charge >= 0.3 is 0 Å². The second kappa shape index (κ2) is 7.78. The zero-order valence-corrected chi connectivity index (χ0v) is 17.3. The summed E-state index contributed by atoms with van der Waals surface area (Å²) in [5, 5.41) is 6.57. The van der Waals surface area contributed by atoms with Crippen molar-refractivity contribution in [2.45, 2.75) is 51.7 Å². The molecule has 0 spiro atoms. The Hall–Kier alpha value is -1.63. The van der Waals surface area contributed by atoms with Crippen molar-refractivity contribution in [2.75, 3.05) is 31.5 Å². The number of carbonyl (C=O) groups excluding carboxylic acids is 2. The number of fused-ring (bicyclic) bond motifs is 2. The van der Waals surface area contributed by atoms with E-state index in [2.05, 4.69) is 20.4 Å². The highest BCUT2D eigenvalue weighted by Gasteiger charge is 2.44. The van der Waals surface area contributed by atoms with Crippen LogP contribution in [-0.4, -0.2) is 65.4 Å². The molecule has 2 atom stereocenters. The molecule has 0 aromatic heterocycles. The molecule has 1 aromatic carbocycles. The van der Waals surface area contributed by atoms with E-state index in [9.17, 15) is 9.59 Å². The number of likely N-dealkylation sites (tertiary alicyclic amines) is 2. The zero-order valence-electron chi connectivity index (χ0n) is 16.5. The molecule has 6 nitrogen and oxygen atoms in total. The highest BCUT2D eigenvalue weighted by atomic mass is 35.5. The lowest BCUT2D eigenvalue weighted by molar-refractivity contribution is -0.124. The summed E-state index contributed by atoms with van der Waals surface area (Å²) in [7, 11) is 0. The lowest BCUT2D eigenvalue weighted by atomic mass is 10.1. The summed E-state index contributed by atoms with van der Waals surface area (Å²) in [6.45, 7) is 10.4. The Bertz CT molecular complexity index is 711. The number of aryl methyl sites for hydroxylation is 1. The monoisotopic (exact) mass is 392 g/mol. The SMILES string of the molecule is Cc1cc(Cl)cc(NC(=O)CN2C[C@@H]3C[C@H]2CN3CC(=O)NC(C)(C)C)c1. The second-order valence-electron chi connectivity index (χ2n) is 8.77. The number of piperazine rings is 1. The van der Waals surface area contributed by atoms with E-state index in [0.717, 1.165) is 30.8 Å². The third kappa shape index (κ3) is 5.43. The Morgan fingerprint density at radius 1 is 1.07 bits per heavy atom. The van der Waals surface area contributed by atoms with Crippen LogP contribution in [0.4, 0.5) is 5.69 Å². The fourth-order valence-corrected chi connectivity index (χ4v) is 4.34. The fourth-order valence-electron chi connectivity index (χ4n) is 4.05. The largest absolute Gasteiger partial charge is 0.350 e. The number of hydrogen-bond donors (Lipinski definition) is 2. The Labute approximate surface area is 166 Å². The van der Waals surface area contributed by atoms with Gasteiger partial charge in [0.15, 0.2) is 0 Å². The van der Waals surface area contributed by atoms with Gasteiger partial charge in [0.25, 0.3) is 0 Å². The van der Waals surface area contributed by atoms with E-state index in [1.165, 1.54) is 0 Å². The molecular formula is C20H29ClN4O2. The number of benzene rings is 1. The van der Waals surface area contributed by atoms with Gasteiger partial charge in [-0.15, -0.1) is 0 Å². The summed E-state index contributed by atoms with van der Waals surface area (Å²) in [4.78, 5) is 29.0. The van der Waals surface area contributed by atoms with E-state index in [0.29, 0.717) is 30.2 Å². The van der Waals surface area contributed by atoms with E-state index in [1.807, 2.05) is 39.8 Å². The first-order valence-corrected chi connectivity index (χ1v) is 9.83. The third-order valence-corrected chi connectivity index (χ3v) is 5.22. The Morgan fingerprint density at radius 3 is 2.19 bits per heavy atom. The molecule has 1 aromatic rings. The molecule has 2 saturated heterocycles. The van der Waals surface area contributed by atoms with Crippen molar-refractivity contribution in [1.29, 1.82) is 0 Å². The molecule has 0 saturated carbocycles. The van der Waals surface area contributed by atoms with Crippen LogP contribution in [0.25, 0.3) is 0 Å². The number of nitrogens with zero attached hydrogens (tertiary/aromatic N) is 2. The summed E-state index contributed by atoms with van der Waals surface area (Å²) in [5.74, 6) is 0.0388. The highest BCUT2D eigenvalue weighted by Crippen LogP contribution is 2.30. The Balaban J connectivity index is 1.48. The van der Waals surface area contributed by atoms with Gasteiger partial charge in [-0.2, -0.15) is 0 Å². The molecule has 0 aliphatic carbocycles. The van der Waals surface area contributed by atoms with Gasteiger partial charge in [-0.3, -0.25) is 19.4 Å². The summed E-state index contributed by atoms with van der Waals surface area (Å²) in [6, 6.07) is 6.22. The number of amides is 2. The van der Waals surface area contributed by atoms with E-state index in [1.54, 1.807) is 6.07 Å². The van der Waals surface area contributed by atoms with Crippen LogP contribution in [-0.2, 0) is 9.59 Å². The average Bonchev–Trinajstić information content (AvgIpc) is 3.03. The van der Waals surface area contributed by atoms with Crippen LogP contribution in [0.5, 0.6) is 0 Å². The predicted octanol–water partition coefficient (Wildman–Crippen LogP) is 2.26. The van der Waals surface area contributed by atoms with Crippen molar-refractivity contribution in [2.24, 2.45) is 0 Å². The van der Waals surface area contributed by atoms with Crippen LogP contribution in [0.15, 0.2) is 18.2 Å². The molecule has 2 aliphatic heterocycles. The minimum Gasteiger partial charge on any atom is -0.350 e. The molecule has 0 radical (unpaired) electrons. The van der Waals surface area contributed by atoms with Crippen molar-refractivity contribution >= 4 is 29.1 Å². The predicted molar refractivity (Wildman–Crippen MR) is 108 cm³/mol. The number of halogens is 1. The number of nitrogens with one attached hydrogen (secondary N) is 2. The molecule has 2 bridgehead atoms. The van der Waals surface area contributed by atoms with Crippen molar-refractivity contribution in [3.63, 3.8) is 0 Å². The molecule has 0 unspecified atom stereocenters. The normalized spacial score (nSPS) is 22.9. The van der Waals surface area contributed by atoms with Gasteiger partial charge in [0, 0.05) is 41.4 Å². The number of anilines is 1. The lowest BCUT2D eigenvalue weighted by Crippen LogP contribution is -2.52. The molecule has 2 N–H and O–H groups in total. The standard InChI is InChI=1S/C20H29ClN4O2/c1-13-5-14(21)7-15(6-13)22-18(26)11-24-9-17-8-16(24)10-25(17)12-19(27)23-20(2,3)4/h5-7,16-17H,8-12H2,1-4H3,(H,22,26)(H,23,27)/t16-,17-/m0/s1. The lowest BCUT2D eigenvalue weighted by Gasteiger charge is -2.34. The van der Waals surface area contributed by atoms with E-state index < -0.39 is 0 Å². The van der Waals surface area contributed by atoms with E-state index in [-0.39, 0.29) is 17.4 Å². The first kappa shape index (κ1) is 20.1. The topological polar surface area (TPSA) is 64.7 Å². The number of carbonyl (C=O) groups is 2. The van der Waals surface area contributed by atoms with Crippen LogP contribution in [0.3, 0.4) is 0 Å². The molecule has 7 heteroatoms. The van der Waals surface area contributed by atoms with Gasteiger partial charge in [0.05, 0.1) is 13.1 Å². The van der Waals surface area contributed by atoms with Gasteiger partial charge < -0.3 is 10.6 Å². The molecule has 2 aliphatic rings. The van der Waals surface area contributed by atoms with Gasteiger partial charge in [-0.25, -0.2) is 0 Å². The minimum absolute atomic E-state index is 0.0266. The van der Waals surface area contributed by atoms with Gasteiger partial charge in [0.2, 0.25) is 11.8 Å². The molecule has 2 amide bonds. The molecule has 148 valence electrons.